The molecule has 12 nitrogen and oxygen atoms in total. The molecule has 44 heavy (non-hydrogen) atoms. The molecule has 0 unspecified atom stereocenters. The number of aromatic hydroxyl groups is 2. The number of phenolic OH excluding ortho intramolecular Hbond substituents is 1. The Morgan fingerprint density at radius 3 is 2.07 bits per heavy atom. The zero-order valence-electron chi connectivity index (χ0n) is 25.4. The van der Waals surface area contributed by atoms with E-state index in [2.05, 4.69) is 0 Å². The maximum absolute atomic E-state index is 12.6. The Bertz CT molecular complexity index is 1650. The van der Waals surface area contributed by atoms with E-state index in [0.717, 1.165) is 24.2 Å². The average molecular weight is 611 g/mol. The Kier molecular flexibility index (Phi) is 9.78. The molecule has 0 amide bonds. The lowest BCUT2D eigenvalue weighted by Crippen LogP contribution is -2.32. The summed E-state index contributed by atoms with van der Waals surface area (Å²) in [5.41, 5.74) is 0.530. The molecule has 3 aromatic rings. The van der Waals surface area contributed by atoms with Crippen LogP contribution in [0.5, 0.6) is 34.5 Å². The van der Waals surface area contributed by atoms with Crippen LogP contribution in [0.1, 0.15) is 84.0 Å². The fourth-order valence-electron chi connectivity index (χ4n) is 4.83. The molecule has 0 bridgehead atoms. The number of carboxylic acids is 2. The number of aryl methyl sites for hydroxylation is 2. The first-order valence-corrected chi connectivity index (χ1v) is 13.3. The molecule has 0 atom stereocenters. The maximum Gasteiger partial charge on any atom is 0.347 e. The lowest BCUT2D eigenvalue weighted by Gasteiger charge is -2.33. The van der Waals surface area contributed by atoms with Crippen molar-refractivity contribution in [2.45, 2.75) is 53.1 Å². The molecule has 0 spiro atoms. The van der Waals surface area contributed by atoms with Gasteiger partial charge in [-0.1, -0.05) is 0 Å². The van der Waals surface area contributed by atoms with Gasteiger partial charge in [0.15, 0.2) is 6.29 Å². The van der Waals surface area contributed by atoms with Crippen molar-refractivity contribution < 1.29 is 58.6 Å². The van der Waals surface area contributed by atoms with Crippen LogP contribution in [0.4, 0.5) is 0 Å². The van der Waals surface area contributed by atoms with Crippen molar-refractivity contribution >= 4 is 24.2 Å². The fraction of sp³-hybridized carbons (Fsp3) is 0.312. The van der Waals surface area contributed by atoms with Crippen molar-refractivity contribution in [3.05, 3.63) is 68.8 Å². The highest BCUT2D eigenvalue weighted by molar-refractivity contribution is 6.01. The van der Waals surface area contributed by atoms with E-state index in [-0.39, 0.29) is 50.5 Å². The second kappa shape index (κ2) is 12.9. The average Bonchev–Trinajstić information content (AvgIpc) is 2.94. The molecule has 1 aliphatic rings. The zero-order chi connectivity index (χ0) is 33.1. The maximum atomic E-state index is 12.6. The molecule has 4 N–H and O–H groups in total. The number of hydrogen-bond acceptors (Lipinski definition) is 10. The van der Waals surface area contributed by atoms with Gasteiger partial charge in [0.2, 0.25) is 0 Å². The van der Waals surface area contributed by atoms with Crippen molar-refractivity contribution in [3.63, 3.8) is 0 Å². The highest BCUT2D eigenvalue weighted by atomic mass is 16.5. The summed E-state index contributed by atoms with van der Waals surface area (Å²) in [6.45, 7) is 8.40. The summed E-state index contributed by atoms with van der Waals surface area (Å²) in [6.07, 6.45) is 1.97. The van der Waals surface area contributed by atoms with Gasteiger partial charge in [0, 0.05) is 11.1 Å². The van der Waals surface area contributed by atoms with Crippen molar-refractivity contribution in [1.82, 2.24) is 0 Å². The minimum atomic E-state index is -1.38. The van der Waals surface area contributed by atoms with Crippen molar-refractivity contribution in [3.8, 4) is 34.5 Å². The Hall–Kier alpha value is -5.26. The second-order valence-corrected chi connectivity index (χ2v) is 10.7. The van der Waals surface area contributed by atoms with Crippen LogP contribution in [0, 0.1) is 20.8 Å². The number of ether oxygens (including phenoxy) is 4. The van der Waals surface area contributed by atoms with Gasteiger partial charge in [0.25, 0.3) is 0 Å². The molecular formula is C32H34O12. The minimum absolute atomic E-state index is 0.0419. The molecule has 0 saturated heterocycles. The van der Waals surface area contributed by atoms with E-state index in [4.69, 9.17) is 24.1 Å². The number of aldehydes is 1. The summed E-state index contributed by atoms with van der Waals surface area (Å²) in [4.78, 5) is 46.3. The molecule has 4 rings (SSSR count). The van der Waals surface area contributed by atoms with Crippen LogP contribution in [0.25, 0.3) is 0 Å². The molecule has 12 heteroatoms. The Balaban J connectivity index is 0.000000266. The van der Waals surface area contributed by atoms with Crippen molar-refractivity contribution in [1.29, 1.82) is 0 Å². The zero-order valence-corrected chi connectivity index (χ0v) is 25.4. The first-order valence-electron chi connectivity index (χ1n) is 13.3. The number of methoxy groups -OCH3 is 2. The molecule has 1 heterocycles. The summed E-state index contributed by atoms with van der Waals surface area (Å²) in [5.74, 6) is -3.21. The van der Waals surface area contributed by atoms with E-state index >= 15 is 0 Å². The predicted octanol–water partition coefficient (Wildman–Crippen LogP) is 5.26. The van der Waals surface area contributed by atoms with Gasteiger partial charge in [-0.15, -0.1) is 0 Å². The normalized spacial score (nSPS) is 12.9. The Morgan fingerprint density at radius 2 is 1.52 bits per heavy atom. The summed E-state index contributed by atoms with van der Waals surface area (Å²) in [7, 11) is 2.80. The fourth-order valence-corrected chi connectivity index (χ4v) is 4.83. The number of carboxylic acid groups (broad SMARTS) is 2. The van der Waals surface area contributed by atoms with Gasteiger partial charge < -0.3 is 39.4 Å². The van der Waals surface area contributed by atoms with E-state index in [1.807, 2.05) is 13.8 Å². The molecular weight excluding hydrogens is 576 g/mol. The van der Waals surface area contributed by atoms with Gasteiger partial charge >= 0.3 is 17.9 Å². The summed E-state index contributed by atoms with van der Waals surface area (Å²) in [6, 6.07) is 5.95. The standard InChI is InChI=1S/C19H18O8.C13H16O4/c1-8-5-13(26-4)11(7-20)17(22)14(8)19(25)27-12-6-9(2)16(21)15(10(12)3)18(23)24;1-13(2)7-6-8-10(17-13)5-4-9(12(14)15)11(8)16-3/h5-7,21-22H,1-4H3,(H,23,24);4-5H,6-7H2,1-3H3,(H,14,15). The number of carbonyl (C=O) groups excluding carboxylic acids is 2. The van der Waals surface area contributed by atoms with Crippen LogP contribution in [-0.2, 0) is 6.42 Å². The van der Waals surface area contributed by atoms with Crippen LogP contribution in [0.2, 0.25) is 0 Å². The number of fused-ring (bicyclic) bond motifs is 1. The largest absolute Gasteiger partial charge is 0.507 e. The molecule has 0 radical (unpaired) electrons. The van der Waals surface area contributed by atoms with Crippen LogP contribution in [-0.4, -0.2) is 64.4 Å². The van der Waals surface area contributed by atoms with Gasteiger partial charge in [-0.05, 0) is 82.9 Å². The summed E-state index contributed by atoms with van der Waals surface area (Å²) < 4.78 is 21.3. The SMILES string of the molecule is COc1c(C(=O)O)ccc2c1CCC(C)(C)O2.COc1cc(C)c(C(=O)Oc2cc(C)c(O)c(C(=O)O)c2C)c(O)c1C=O. The Morgan fingerprint density at radius 1 is 0.886 bits per heavy atom. The third kappa shape index (κ3) is 6.54. The number of phenols is 2. The van der Waals surface area contributed by atoms with Gasteiger partial charge in [0.1, 0.15) is 56.8 Å². The van der Waals surface area contributed by atoms with Crippen LogP contribution >= 0.6 is 0 Å². The highest BCUT2D eigenvalue weighted by Gasteiger charge is 2.30. The van der Waals surface area contributed by atoms with E-state index in [0.29, 0.717) is 17.6 Å². The third-order valence-electron chi connectivity index (χ3n) is 7.18. The van der Waals surface area contributed by atoms with Gasteiger partial charge in [0.05, 0.1) is 19.8 Å². The highest BCUT2D eigenvalue weighted by Crippen LogP contribution is 2.40. The monoisotopic (exact) mass is 610 g/mol. The molecule has 0 saturated carbocycles. The molecule has 3 aromatic carbocycles. The minimum Gasteiger partial charge on any atom is -0.507 e. The van der Waals surface area contributed by atoms with E-state index < -0.39 is 29.4 Å². The molecule has 0 aliphatic carbocycles. The van der Waals surface area contributed by atoms with Gasteiger partial charge in [-0.2, -0.15) is 0 Å². The van der Waals surface area contributed by atoms with E-state index in [1.54, 1.807) is 6.07 Å². The number of aromatic carboxylic acids is 2. The van der Waals surface area contributed by atoms with Gasteiger partial charge in [-0.3, -0.25) is 4.79 Å². The molecule has 234 valence electrons. The molecule has 0 aromatic heterocycles. The number of carbonyl (C=O) groups is 4. The Labute approximate surface area is 253 Å². The van der Waals surface area contributed by atoms with E-state index in [9.17, 15) is 34.5 Å². The lowest BCUT2D eigenvalue weighted by molar-refractivity contribution is 0.0677. The predicted molar refractivity (Wildman–Crippen MR) is 157 cm³/mol. The third-order valence-corrected chi connectivity index (χ3v) is 7.18. The smallest absolute Gasteiger partial charge is 0.347 e. The van der Waals surface area contributed by atoms with Crippen LogP contribution in [0.3, 0.4) is 0 Å². The lowest BCUT2D eigenvalue weighted by atomic mass is 9.92. The topological polar surface area (TPSA) is 186 Å². The quantitative estimate of drug-likeness (QED) is 0.155. The first-order chi connectivity index (χ1) is 20.6. The molecule has 0 fully saturated rings. The number of rotatable bonds is 7. The number of esters is 1. The van der Waals surface area contributed by atoms with Crippen LogP contribution in [0.15, 0.2) is 24.3 Å². The summed E-state index contributed by atoms with van der Waals surface area (Å²) in [5, 5.41) is 38.6. The van der Waals surface area contributed by atoms with E-state index in [1.165, 1.54) is 53.2 Å². The van der Waals surface area contributed by atoms with Crippen molar-refractivity contribution in [2.24, 2.45) is 0 Å². The first kappa shape index (κ1) is 33.2. The van der Waals surface area contributed by atoms with Crippen LogP contribution < -0.4 is 18.9 Å². The van der Waals surface area contributed by atoms with Gasteiger partial charge in [-0.25, -0.2) is 14.4 Å². The molecule has 1 aliphatic heterocycles. The summed E-state index contributed by atoms with van der Waals surface area (Å²) >= 11 is 0. The second-order valence-electron chi connectivity index (χ2n) is 10.7. The van der Waals surface area contributed by atoms with Crippen molar-refractivity contribution in [2.75, 3.05) is 14.2 Å². The number of benzene rings is 3. The number of hydrogen-bond donors (Lipinski definition) is 4.